The van der Waals surface area contributed by atoms with Crippen LogP contribution < -0.4 is 9.46 Å². The Morgan fingerprint density at radius 3 is 2.42 bits per heavy atom. The molecule has 0 aliphatic heterocycles. The molecular formula is C17H19NO5S. The number of ether oxygens (including phenoxy) is 1. The standard InChI is InChI=1S/C17H19NO5S/c1-3-23-14-9-10-15(12(2)11-14)24(21,22)18-16(17(19)20)13-7-5-4-6-8-13/h4-11,16,18H,3H2,1-2H3,(H,19,20). The predicted octanol–water partition coefficient (Wildman–Crippen LogP) is 2.50. The molecule has 0 radical (unpaired) electrons. The molecule has 7 heteroatoms. The van der Waals surface area contributed by atoms with Gasteiger partial charge in [0.05, 0.1) is 11.5 Å². The Bertz CT molecular complexity index is 818. The van der Waals surface area contributed by atoms with Crippen molar-refractivity contribution in [2.24, 2.45) is 0 Å². The zero-order valence-corrected chi connectivity index (χ0v) is 14.2. The first-order valence-electron chi connectivity index (χ1n) is 7.38. The summed E-state index contributed by atoms with van der Waals surface area (Å²) in [5, 5.41) is 9.37. The topological polar surface area (TPSA) is 92.7 Å². The second-order valence-electron chi connectivity index (χ2n) is 5.16. The van der Waals surface area contributed by atoms with Crippen LogP contribution in [0.3, 0.4) is 0 Å². The number of aliphatic carboxylic acids is 1. The smallest absolute Gasteiger partial charge is 0.326 e. The van der Waals surface area contributed by atoms with Crippen molar-refractivity contribution in [3.05, 3.63) is 59.7 Å². The number of carboxylic acid groups (broad SMARTS) is 1. The molecule has 0 aliphatic carbocycles. The normalized spacial score (nSPS) is 12.6. The maximum absolute atomic E-state index is 12.6. The highest BCUT2D eigenvalue weighted by Gasteiger charge is 2.27. The highest BCUT2D eigenvalue weighted by Crippen LogP contribution is 2.23. The molecule has 2 rings (SSSR count). The summed E-state index contributed by atoms with van der Waals surface area (Å²) < 4.78 is 32.8. The number of hydrogen-bond donors (Lipinski definition) is 2. The summed E-state index contributed by atoms with van der Waals surface area (Å²) >= 11 is 0. The van der Waals surface area contributed by atoms with Crippen molar-refractivity contribution in [1.82, 2.24) is 4.72 Å². The molecule has 0 aliphatic rings. The van der Waals surface area contributed by atoms with Gasteiger partial charge in [0.2, 0.25) is 10.0 Å². The summed E-state index contributed by atoms with van der Waals surface area (Å²) in [5.41, 5.74) is 0.836. The van der Waals surface area contributed by atoms with Crippen molar-refractivity contribution in [3.63, 3.8) is 0 Å². The number of carbonyl (C=O) groups is 1. The Balaban J connectivity index is 2.34. The Labute approximate surface area is 141 Å². The zero-order chi connectivity index (χ0) is 17.7. The molecule has 0 bridgehead atoms. The number of sulfonamides is 1. The SMILES string of the molecule is CCOc1ccc(S(=O)(=O)NC(C(=O)O)c2ccccc2)c(C)c1. The van der Waals surface area contributed by atoms with Gasteiger partial charge in [-0.15, -0.1) is 0 Å². The number of rotatable bonds is 7. The molecule has 128 valence electrons. The van der Waals surface area contributed by atoms with Gasteiger partial charge in [0.25, 0.3) is 0 Å². The van der Waals surface area contributed by atoms with E-state index in [4.69, 9.17) is 4.74 Å². The second-order valence-corrected chi connectivity index (χ2v) is 6.85. The van der Waals surface area contributed by atoms with Crippen molar-refractivity contribution >= 4 is 16.0 Å². The fourth-order valence-corrected chi connectivity index (χ4v) is 3.71. The van der Waals surface area contributed by atoms with Crippen LogP contribution in [0.4, 0.5) is 0 Å². The van der Waals surface area contributed by atoms with Crippen LogP contribution in [0.1, 0.15) is 24.1 Å². The number of hydrogen-bond acceptors (Lipinski definition) is 4. The third-order valence-electron chi connectivity index (χ3n) is 3.40. The van der Waals surface area contributed by atoms with E-state index in [9.17, 15) is 18.3 Å². The molecule has 0 amide bonds. The Kier molecular flexibility index (Phi) is 5.58. The first kappa shape index (κ1) is 18.0. The fourth-order valence-electron chi connectivity index (χ4n) is 2.31. The van der Waals surface area contributed by atoms with Crippen molar-refractivity contribution < 1.29 is 23.1 Å². The maximum Gasteiger partial charge on any atom is 0.326 e. The van der Waals surface area contributed by atoms with E-state index in [0.717, 1.165) is 0 Å². The van der Waals surface area contributed by atoms with Gasteiger partial charge in [0, 0.05) is 0 Å². The molecule has 0 saturated carbocycles. The summed E-state index contributed by atoms with van der Waals surface area (Å²) in [4.78, 5) is 11.5. The van der Waals surface area contributed by atoms with E-state index in [1.54, 1.807) is 49.4 Å². The number of nitrogens with one attached hydrogen (secondary N) is 1. The van der Waals surface area contributed by atoms with Gasteiger partial charge >= 0.3 is 5.97 Å². The van der Waals surface area contributed by atoms with Gasteiger partial charge in [0.15, 0.2) is 0 Å². The summed E-state index contributed by atoms with van der Waals surface area (Å²) in [6.45, 7) is 3.94. The van der Waals surface area contributed by atoms with Crippen LogP contribution in [0.5, 0.6) is 5.75 Å². The largest absolute Gasteiger partial charge is 0.494 e. The molecule has 2 aromatic rings. The van der Waals surface area contributed by atoms with Crippen molar-refractivity contribution in [2.75, 3.05) is 6.61 Å². The van der Waals surface area contributed by atoms with E-state index in [1.807, 2.05) is 6.92 Å². The highest BCUT2D eigenvalue weighted by molar-refractivity contribution is 7.89. The third kappa shape index (κ3) is 4.12. The average Bonchev–Trinajstić information content (AvgIpc) is 2.53. The maximum atomic E-state index is 12.6. The van der Waals surface area contributed by atoms with Gasteiger partial charge < -0.3 is 9.84 Å². The molecular weight excluding hydrogens is 330 g/mol. The van der Waals surface area contributed by atoms with Crippen LogP contribution >= 0.6 is 0 Å². The zero-order valence-electron chi connectivity index (χ0n) is 13.4. The van der Waals surface area contributed by atoms with E-state index in [0.29, 0.717) is 23.5 Å². The summed E-state index contributed by atoms with van der Waals surface area (Å²) in [5.74, 6) is -0.708. The van der Waals surface area contributed by atoms with Gasteiger partial charge in [-0.3, -0.25) is 4.79 Å². The van der Waals surface area contributed by atoms with Crippen molar-refractivity contribution in [3.8, 4) is 5.75 Å². The fraction of sp³-hybridized carbons (Fsp3) is 0.235. The predicted molar refractivity (Wildman–Crippen MR) is 89.5 cm³/mol. The molecule has 0 fully saturated rings. The van der Waals surface area contributed by atoms with Gasteiger partial charge in [0.1, 0.15) is 11.8 Å². The van der Waals surface area contributed by atoms with Crippen LogP contribution in [0.25, 0.3) is 0 Å². The minimum absolute atomic E-state index is 0.0214. The molecule has 0 spiro atoms. The van der Waals surface area contributed by atoms with E-state index < -0.39 is 22.0 Å². The third-order valence-corrected chi connectivity index (χ3v) is 4.98. The van der Waals surface area contributed by atoms with Gasteiger partial charge in [-0.1, -0.05) is 30.3 Å². The Morgan fingerprint density at radius 2 is 1.88 bits per heavy atom. The minimum Gasteiger partial charge on any atom is -0.494 e. The molecule has 0 aromatic heterocycles. The lowest BCUT2D eigenvalue weighted by molar-refractivity contribution is -0.139. The van der Waals surface area contributed by atoms with Crippen LogP contribution in [0.2, 0.25) is 0 Å². The summed E-state index contributed by atoms with van der Waals surface area (Å²) in [6, 6.07) is 11.4. The summed E-state index contributed by atoms with van der Waals surface area (Å²) in [7, 11) is -4.00. The molecule has 1 atom stereocenters. The van der Waals surface area contributed by atoms with E-state index in [-0.39, 0.29) is 4.90 Å². The first-order valence-corrected chi connectivity index (χ1v) is 8.87. The van der Waals surface area contributed by atoms with Crippen LogP contribution in [0.15, 0.2) is 53.4 Å². The summed E-state index contributed by atoms with van der Waals surface area (Å²) in [6.07, 6.45) is 0. The number of benzene rings is 2. The van der Waals surface area contributed by atoms with E-state index >= 15 is 0 Å². The monoisotopic (exact) mass is 349 g/mol. The van der Waals surface area contributed by atoms with E-state index in [1.165, 1.54) is 6.07 Å². The second kappa shape index (κ2) is 7.46. The lowest BCUT2D eigenvalue weighted by atomic mass is 10.1. The van der Waals surface area contributed by atoms with Gasteiger partial charge in [-0.2, -0.15) is 4.72 Å². The van der Waals surface area contributed by atoms with Crippen molar-refractivity contribution in [1.29, 1.82) is 0 Å². The first-order chi connectivity index (χ1) is 11.3. The number of carboxylic acids is 1. The molecule has 6 nitrogen and oxygen atoms in total. The lowest BCUT2D eigenvalue weighted by Gasteiger charge is -2.16. The Hall–Kier alpha value is -2.38. The number of aryl methyl sites for hydroxylation is 1. The molecule has 1 unspecified atom stereocenters. The van der Waals surface area contributed by atoms with Crippen LogP contribution in [0, 0.1) is 6.92 Å². The molecule has 2 aromatic carbocycles. The van der Waals surface area contributed by atoms with E-state index in [2.05, 4.69) is 4.72 Å². The molecule has 24 heavy (non-hydrogen) atoms. The molecule has 0 saturated heterocycles. The van der Waals surface area contributed by atoms with Gasteiger partial charge in [-0.25, -0.2) is 8.42 Å². The average molecular weight is 349 g/mol. The van der Waals surface area contributed by atoms with Crippen LogP contribution in [-0.2, 0) is 14.8 Å². The quantitative estimate of drug-likeness (QED) is 0.801. The molecule has 2 N–H and O–H groups in total. The highest BCUT2D eigenvalue weighted by atomic mass is 32.2. The minimum atomic E-state index is -4.00. The molecule has 0 heterocycles. The van der Waals surface area contributed by atoms with Crippen molar-refractivity contribution in [2.45, 2.75) is 24.8 Å². The van der Waals surface area contributed by atoms with Gasteiger partial charge in [-0.05, 0) is 43.2 Å². The lowest BCUT2D eigenvalue weighted by Crippen LogP contribution is -2.34. The Morgan fingerprint density at radius 1 is 1.21 bits per heavy atom. The van der Waals surface area contributed by atoms with Crippen LogP contribution in [-0.4, -0.2) is 26.1 Å².